The van der Waals surface area contributed by atoms with Gasteiger partial charge < -0.3 is 10.1 Å². The van der Waals surface area contributed by atoms with Crippen LogP contribution < -0.4 is 5.32 Å². The predicted molar refractivity (Wildman–Crippen MR) is 53.5 cm³/mol. The summed E-state index contributed by atoms with van der Waals surface area (Å²) in [7, 11) is 0. The van der Waals surface area contributed by atoms with E-state index in [9.17, 15) is 4.79 Å². The number of esters is 1. The average Bonchev–Trinajstić information content (AvgIpc) is 2.03. The van der Waals surface area contributed by atoms with E-state index in [1.165, 1.54) is 6.08 Å². The Bertz CT molecular complexity index is 176. The second-order valence-electron chi connectivity index (χ2n) is 3.54. The molecular formula is C10H19NO2. The third-order valence-electron chi connectivity index (χ3n) is 1.79. The molecule has 0 saturated heterocycles. The van der Waals surface area contributed by atoms with Gasteiger partial charge in [0.25, 0.3) is 0 Å². The van der Waals surface area contributed by atoms with Crippen LogP contribution in [-0.2, 0) is 9.53 Å². The monoisotopic (exact) mass is 185 g/mol. The molecule has 3 nitrogen and oxygen atoms in total. The molecule has 3 heteroatoms. The topological polar surface area (TPSA) is 38.3 Å². The van der Waals surface area contributed by atoms with E-state index in [1.54, 1.807) is 0 Å². The van der Waals surface area contributed by atoms with Gasteiger partial charge in [0, 0.05) is 11.6 Å². The van der Waals surface area contributed by atoms with Crippen molar-refractivity contribution in [2.75, 3.05) is 13.2 Å². The summed E-state index contributed by atoms with van der Waals surface area (Å²) in [5.74, 6) is -0.354. The van der Waals surface area contributed by atoms with E-state index in [0.717, 1.165) is 13.0 Å². The zero-order valence-electron chi connectivity index (χ0n) is 8.72. The van der Waals surface area contributed by atoms with Gasteiger partial charge in [0.15, 0.2) is 0 Å². The number of carbonyl (C=O) groups excluding carboxylic acids is 1. The summed E-state index contributed by atoms with van der Waals surface area (Å²) >= 11 is 0. The van der Waals surface area contributed by atoms with Crippen molar-refractivity contribution in [2.45, 2.75) is 32.7 Å². The Hall–Kier alpha value is -0.830. The highest BCUT2D eigenvalue weighted by atomic mass is 16.5. The van der Waals surface area contributed by atoms with Gasteiger partial charge in [0.05, 0.1) is 6.61 Å². The van der Waals surface area contributed by atoms with Gasteiger partial charge in [-0.3, -0.25) is 0 Å². The Morgan fingerprint density at radius 1 is 1.62 bits per heavy atom. The van der Waals surface area contributed by atoms with Crippen LogP contribution in [0, 0.1) is 0 Å². The molecule has 0 amide bonds. The minimum atomic E-state index is -0.354. The molecule has 0 bridgehead atoms. The summed E-state index contributed by atoms with van der Waals surface area (Å²) < 4.78 is 4.88. The van der Waals surface area contributed by atoms with Gasteiger partial charge in [-0.15, -0.1) is 0 Å². The number of hydrogen-bond donors (Lipinski definition) is 1. The first-order valence-corrected chi connectivity index (χ1v) is 4.56. The molecule has 13 heavy (non-hydrogen) atoms. The lowest BCUT2D eigenvalue weighted by Gasteiger charge is -2.25. The van der Waals surface area contributed by atoms with Crippen molar-refractivity contribution in [3.63, 3.8) is 0 Å². The summed E-state index contributed by atoms with van der Waals surface area (Å²) in [6.07, 6.45) is 1.99. The maximum Gasteiger partial charge on any atom is 0.330 e. The van der Waals surface area contributed by atoms with Crippen LogP contribution in [0.3, 0.4) is 0 Å². The number of rotatable bonds is 6. The van der Waals surface area contributed by atoms with E-state index in [1.807, 2.05) is 0 Å². The molecule has 0 aromatic heterocycles. The summed E-state index contributed by atoms with van der Waals surface area (Å²) in [6, 6.07) is 0. The van der Waals surface area contributed by atoms with Crippen LogP contribution in [0.5, 0.6) is 0 Å². The minimum Gasteiger partial charge on any atom is -0.462 e. The smallest absolute Gasteiger partial charge is 0.330 e. The van der Waals surface area contributed by atoms with Crippen LogP contribution in [0.1, 0.15) is 27.2 Å². The van der Waals surface area contributed by atoms with Crippen LogP contribution >= 0.6 is 0 Å². The van der Waals surface area contributed by atoms with E-state index in [0.29, 0.717) is 6.61 Å². The van der Waals surface area contributed by atoms with Gasteiger partial charge >= 0.3 is 5.97 Å². The molecule has 0 unspecified atom stereocenters. The molecule has 0 aromatic rings. The summed E-state index contributed by atoms with van der Waals surface area (Å²) in [4.78, 5) is 10.7. The highest BCUT2D eigenvalue weighted by Gasteiger charge is 2.15. The molecule has 0 heterocycles. The van der Waals surface area contributed by atoms with Gasteiger partial charge in [0.2, 0.25) is 0 Å². The fraction of sp³-hybridized carbons (Fsp3) is 0.700. The molecule has 0 fully saturated rings. The molecule has 0 aromatic carbocycles. The van der Waals surface area contributed by atoms with Crippen molar-refractivity contribution < 1.29 is 9.53 Å². The highest BCUT2D eigenvalue weighted by Crippen LogP contribution is 2.07. The van der Waals surface area contributed by atoms with Crippen molar-refractivity contribution in [3.8, 4) is 0 Å². The molecule has 1 N–H and O–H groups in total. The number of nitrogens with one attached hydrogen (secondary N) is 1. The van der Waals surface area contributed by atoms with Crippen molar-refractivity contribution >= 4 is 5.97 Å². The number of hydrogen-bond acceptors (Lipinski definition) is 3. The maximum absolute atomic E-state index is 10.7. The van der Waals surface area contributed by atoms with Gasteiger partial charge in [-0.05, 0) is 26.8 Å². The van der Waals surface area contributed by atoms with Gasteiger partial charge in [0.1, 0.15) is 0 Å². The van der Waals surface area contributed by atoms with Crippen LogP contribution in [0.15, 0.2) is 12.7 Å². The molecule has 0 aliphatic heterocycles. The van der Waals surface area contributed by atoms with Crippen LogP contribution in [0.4, 0.5) is 0 Å². The Labute approximate surface area is 80.2 Å². The van der Waals surface area contributed by atoms with Gasteiger partial charge in [-0.1, -0.05) is 13.5 Å². The average molecular weight is 185 g/mol. The number of ether oxygens (including phenoxy) is 1. The van der Waals surface area contributed by atoms with E-state index in [-0.39, 0.29) is 11.5 Å². The summed E-state index contributed by atoms with van der Waals surface area (Å²) in [6.45, 7) is 10.9. The molecule has 0 rings (SSSR count). The second-order valence-corrected chi connectivity index (χ2v) is 3.54. The van der Waals surface area contributed by atoms with Gasteiger partial charge in [-0.25, -0.2) is 4.79 Å². The van der Waals surface area contributed by atoms with E-state index >= 15 is 0 Å². The standard InChI is InChI=1S/C10H19NO2/c1-5-9(12)13-8-7-10(3,4)11-6-2/h5,11H,1,6-8H2,2-4H3. The predicted octanol–water partition coefficient (Wildman–Crippen LogP) is 1.49. The van der Waals surface area contributed by atoms with E-state index in [4.69, 9.17) is 4.74 Å². The summed E-state index contributed by atoms with van der Waals surface area (Å²) in [5.41, 5.74) is 0.0240. The SMILES string of the molecule is C=CC(=O)OCCC(C)(C)NCC. The zero-order chi connectivity index (χ0) is 10.3. The molecule has 0 aliphatic rings. The fourth-order valence-corrected chi connectivity index (χ4v) is 1.03. The van der Waals surface area contributed by atoms with Crippen LogP contribution in [-0.4, -0.2) is 24.7 Å². The molecular weight excluding hydrogens is 166 g/mol. The lowest BCUT2D eigenvalue weighted by Crippen LogP contribution is -2.40. The molecule has 0 aliphatic carbocycles. The maximum atomic E-state index is 10.7. The molecule has 0 atom stereocenters. The van der Waals surface area contributed by atoms with Crippen molar-refractivity contribution in [3.05, 3.63) is 12.7 Å². The van der Waals surface area contributed by atoms with Crippen LogP contribution in [0.25, 0.3) is 0 Å². The molecule has 0 radical (unpaired) electrons. The molecule has 0 spiro atoms. The minimum absolute atomic E-state index is 0.0240. The van der Waals surface area contributed by atoms with E-state index < -0.39 is 0 Å². The van der Waals surface area contributed by atoms with Crippen molar-refractivity contribution in [1.82, 2.24) is 5.32 Å². The normalized spacial score (nSPS) is 11.0. The lowest BCUT2D eigenvalue weighted by molar-refractivity contribution is -0.138. The van der Waals surface area contributed by atoms with E-state index in [2.05, 4.69) is 32.7 Å². The Morgan fingerprint density at radius 2 is 2.23 bits per heavy atom. The third-order valence-corrected chi connectivity index (χ3v) is 1.79. The Morgan fingerprint density at radius 3 is 2.69 bits per heavy atom. The fourth-order valence-electron chi connectivity index (χ4n) is 1.03. The quantitative estimate of drug-likeness (QED) is 0.503. The zero-order valence-corrected chi connectivity index (χ0v) is 8.72. The first-order chi connectivity index (χ1) is 6.02. The Balaban J connectivity index is 3.62. The lowest BCUT2D eigenvalue weighted by atomic mass is 10.0. The largest absolute Gasteiger partial charge is 0.462 e. The van der Waals surface area contributed by atoms with Crippen molar-refractivity contribution in [1.29, 1.82) is 0 Å². The first kappa shape index (κ1) is 12.2. The molecule has 0 saturated carbocycles. The second kappa shape index (κ2) is 5.75. The third kappa shape index (κ3) is 6.34. The Kier molecular flexibility index (Phi) is 5.39. The molecule has 76 valence electrons. The van der Waals surface area contributed by atoms with Gasteiger partial charge in [-0.2, -0.15) is 0 Å². The highest BCUT2D eigenvalue weighted by molar-refractivity contribution is 5.81. The first-order valence-electron chi connectivity index (χ1n) is 4.56. The van der Waals surface area contributed by atoms with Crippen LogP contribution in [0.2, 0.25) is 0 Å². The van der Waals surface area contributed by atoms with Crippen molar-refractivity contribution in [2.24, 2.45) is 0 Å². The number of carbonyl (C=O) groups is 1. The summed E-state index contributed by atoms with van der Waals surface area (Å²) in [5, 5.41) is 3.30.